The molecule has 0 saturated heterocycles. The first-order chi connectivity index (χ1) is 17.1. The number of Topliss-reactive ketones (excluding diaryl/α,β-unsaturated/α-hetero) is 1. The Bertz CT molecular complexity index is 1420. The van der Waals surface area contributed by atoms with Crippen LogP contribution in [0.15, 0.2) is 84.4 Å². The van der Waals surface area contributed by atoms with Crippen LogP contribution in [0.5, 0.6) is 0 Å². The Kier molecular flexibility index (Phi) is 6.17. The predicted octanol–water partition coefficient (Wildman–Crippen LogP) is 4.71. The van der Waals surface area contributed by atoms with Gasteiger partial charge >= 0.3 is 5.70 Å². The lowest BCUT2D eigenvalue weighted by atomic mass is 9.73. The number of fused-ring (bicyclic) bond motifs is 1. The highest BCUT2D eigenvalue weighted by molar-refractivity contribution is 6.02. The van der Waals surface area contributed by atoms with Gasteiger partial charge in [-0.2, -0.15) is 0 Å². The van der Waals surface area contributed by atoms with Gasteiger partial charge in [-0.1, -0.05) is 60.7 Å². The van der Waals surface area contributed by atoms with Crippen LogP contribution < -0.4 is 4.90 Å². The molecule has 2 atom stereocenters. The van der Waals surface area contributed by atoms with Crippen LogP contribution in [0.2, 0.25) is 0 Å². The Balaban J connectivity index is 2.11. The van der Waals surface area contributed by atoms with Gasteiger partial charge in [-0.3, -0.25) is 35.1 Å². The number of aliphatic hydroxyl groups excluding tert-OH is 1. The van der Waals surface area contributed by atoms with E-state index in [4.69, 9.17) is 0 Å². The molecule has 12 nitrogen and oxygen atoms in total. The molecular weight excluding hydrogens is 472 g/mol. The Morgan fingerprint density at radius 2 is 1.47 bits per heavy atom. The molecular formula is C24H18N4O8. The molecule has 0 spiro atoms. The minimum atomic E-state index is -1.58. The molecule has 1 N–H and O–H groups in total. The summed E-state index contributed by atoms with van der Waals surface area (Å²) in [6.45, 7) is 0. The van der Waals surface area contributed by atoms with E-state index in [1.807, 2.05) is 0 Å². The molecule has 4 rings (SSSR count). The average Bonchev–Trinajstić information content (AvgIpc) is 2.87. The van der Waals surface area contributed by atoms with Gasteiger partial charge in [0.2, 0.25) is 0 Å². The number of ketones is 1. The normalized spacial score (nSPS) is 15.7. The fourth-order valence-electron chi connectivity index (χ4n) is 4.51. The van der Waals surface area contributed by atoms with Crippen LogP contribution in [-0.2, 0) is 0 Å². The monoisotopic (exact) mass is 490 g/mol. The van der Waals surface area contributed by atoms with Gasteiger partial charge in [0, 0.05) is 24.2 Å². The van der Waals surface area contributed by atoms with Gasteiger partial charge in [0.05, 0.1) is 32.7 Å². The van der Waals surface area contributed by atoms with Crippen molar-refractivity contribution in [2.45, 2.75) is 11.8 Å². The van der Waals surface area contributed by atoms with Crippen molar-refractivity contribution in [2.24, 2.45) is 0 Å². The highest BCUT2D eigenvalue weighted by Gasteiger charge is 2.50. The molecule has 0 saturated carbocycles. The van der Waals surface area contributed by atoms with E-state index in [0.29, 0.717) is 11.6 Å². The molecule has 0 fully saturated rings. The molecule has 1 aliphatic heterocycles. The third-order valence-corrected chi connectivity index (χ3v) is 6.05. The van der Waals surface area contributed by atoms with Gasteiger partial charge in [0.15, 0.2) is 5.78 Å². The zero-order valence-electron chi connectivity index (χ0n) is 18.7. The number of anilines is 1. The van der Waals surface area contributed by atoms with Crippen molar-refractivity contribution in [3.05, 3.63) is 131 Å². The van der Waals surface area contributed by atoms with E-state index < -0.39 is 55.3 Å². The molecule has 3 aromatic carbocycles. The number of nitro groups is 3. The zero-order valence-corrected chi connectivity index (χ0v) is 18.7. The standard InChI is InChI=1S/C24H18N4O8/c1-25-21-17(12-16(26(31)32)13-18(21)27(33)34)20(22(24(25)30)28(35)36)19(14-8-4-2-5-9-14)23(29)15-10-6-3-7-11-15/h2-13,19-20,30H,1H3. The van der Waals surface area contributed by atoms with Crippen molar-refractivity contribution in [1.29, 1.82) is 0 Å². The number of allylic oxidation sites excluding steroid dienone is 1. The number of nitrogens with zero attached hydrogens (tertiary/aromatic N) is 4. The lowest BCUT2D eigenvalue weighted by Crippen LogP contribution is -2.35. The molecule has 1 heterocycles. The number of hydrogen-bond donors (Lipinski definition) is 1. The summed E-state index contributed by atoms with van der Waals surface area (Å²) >= 11 is 0. The molecule has 2 unspecified atom stereocenters. The van der Waals surface area contributed by atoms with E-state index in [1.54, 1.807) is 48.5 Å². The summed E-state index contributed by atoms with van der Waals surface area (Å²) in [7, 11) is 1.17. The number of carbonyl (C=O) groups is 1. The first kappa shape index (κ1) is 24.0. The van der Waals surface area contributed by atoms with Crippen LogP contribution in [0.4, 0.5) is 17.1 Å². The summed E-state index contributed by atoms with van der Waals surface area (Å²) in [4.78, 5) is 47.8. The molecule has 12 heteroatoms. The Morgan fingerprint density at radius 3 is 2.00 bits per heavy atom. The Hall–Kier alpha value is -5.13. The smallest absolute Gasteiger partial charge is 0.314 e. The number of aliphatic hydroxyl groups is 1. The number of benzene rings is 3. The molecule has 0 bridgehead atoms. The number of nitro benzene ring substituents is 2. The summed E-state index contributed by atoms with van der Waals surface area (Å²) in [5.41, 5.74) is -2.16. The molecule has 182 valence electrons. The first-order valence-corrected chi connectivity index (χ1v) is 10.6. The van der Waals surface area contributed by atoms with E-state index in [9.17, 15) is 40.2 Å². The van der Waals surface area contributed by atoms with Crippen LogP contribution in [-0.4, -0.2) is 32.7 Å². The fraction of sp³-hybridized carbons (Fsp3) is 0.125. The van der Waals surface area contributed by atoms with Crippen LogP contribution in [0, 0.1) is 30.3 Å². The van der Waals surface area contributed by atoms with E-state index >= 15 is 0 Å². The summed E-state index contributed by atoms with van der Waals surface area (Å²) < 4.78 is 0. The molecule has 0 amide bonds. The van der Waals surface area contributed by atoms with Crippen molar-refractivity contribution < 1.29 is 24.7 Å². The van der Waals surface area contributed by atoms with E-state index in [-0.39, 0.29) is 16.8 Å². The number of rotatable bonds is 7. The maximum Gasteiger partial charge on any atom is 0.314 e. The van der Waals surface area contributed by atoms with Gasteiger partial charge in [0.1, 0.15) is 5.69 Å². The largest absolute Gasteiger partial charge is 0.490 e. The van der Waals surface area contributed by atoms with Gasteiger partial charge in [-0.15, -0.1) is 0 Å². The summed E-state index contributed by atoms with van der Waals surface area (Å²) in [5, 5.41) is 46.6. The van der Waals surface area contributed by atoms with E-state index in [1.165, 1.54) is 19.2 Å². The first-order valence-electron chi connectivity index (χ1n) is 10.6. The minimum absolute atomic E-state index is 0.193. The third kappa shape index (κ3) is 4.00. The second-order valence-electron chi connectivity index (χ2n) is 8.04. The fourth-order valence-corrected chi connectivity index (χ4v) is 4.51. The van der Waals surface area contributed by atoms with Crippen LogP contribution >= 0.6 is 0 Å². The summed E-state index contributed by atoms with van der Waals surface area (Å²) in [6, 6.07) is 17.6. The Morgan fingerprint density at radius 1 is 0.889 bits per heavy atom. The zero-order chi connectivity index (χ0) is 26.1. The van der Waals surface area contributed by atoms with Gasteiger partial charge in [0.25, 0.3) is 17.3 Å². The topological polar surface area (TPSA) is 170 Å². The maximum atomic E-state index is 13.8. The van der Waals surface area contributed by atoms with Gasteiger partial charge in [-0.25, -0.2) is 0 Å². The van der Waals surface area contributed by atoms with Crippen molar-refractivity contribution in [3.63, 3.8) is 0 Å². The average molecular weight is 490 g/mol. The van der Waals surface area contributed by atoms with Crippen molar-refractivity contribution >= 4 is 22.8 Å². The minimum Gasteiger partial charge on any atom is -0.490 e. The number of carbonyl (C=O) groups excluding carboxylic acids is 1. The van der Waals surface area contributed by atoms with Crippen LogP contribution in [0.3, 0.4) is 0 Å². The van der Waals surface area contributed by atoms with Crippen molar-refractivity contribution in [1.82, 2.24) is 0 Å². The molecule has 36 heavy (non-hydrogen) atoms. The SMILES string of the molecule is CN1C(O)=C([N+](=O)[O-])C(C(C(=O)c2ccccc2)c2ccccc2)c2cc([N+](=O)[O-])cc([N+](=O)[O-])c21. The predicted molar refractivity (Wildman–Crippen MR) is 127 cm³/mol. The number of non-ortho nitro benzene ring substituents is 1. The summed E-state index contributed by atoms with van der Waals surface area (Å²) in [5.74, 6) is -4.40. The van der Waals surface area contributed by atoms with Crippen molar-refractivity contribution in [2.75, 3.05) is 11.9 Å². The molecule has 0 aromatic heterocycles. The second-order valence-corrected chi connectivity index (χ2v) is 8.04. The highest BCUT2D eigenvalue weighted by Crippen LogP contribution is 2.52. The Labute approximate surface area is 203 Å². The number of hydrogen-bond acceptors (Lipinski definition) is 9. The second kappa shape index (κ2) is 9.25. The van der Waals surface area contributed by atoms with Crippen molar-refractivity contribution in [3.8, 4) is 0 Å². The van der Waals surface area contributed by atoms with E-state index in [2.05, 4.69) is 0 Å². The lowest BCUT2D eigenvalue weighted by Gasteiger charge is -2.33. The van der Waals surface area contributed by atoms with Gasteiger partial charge in [-0.05, 0) is 5.56 Å². The quantitative estimate of drug-likeness (QED) is 0.280. The van der Waals surface area contributed by atoms with E-state index in [0.717, 1.165) is 11.0 Å². The maximum absolute atomic E-state index is 13.8. The molecule has 1 aliphatic rings. The highest BCUT2D eigenvalue weighted by atomic mass is 16.6. The molecule has 3 aromatic rings. The van der Waals surface area contributed by atoms with Gasteiger partial charge < -0.3 is 10.0 Å². The third-order valence-electron chi connectivity index (χ3n) is 6.05. The molecule has 0 aliphatic carbocycles. The molecule has 0 radical (unpaired) electrons. The van der Waals surface area contributed by atoms with Crippen LogP contribution in [0.25, 0.3) is 0 Å². The van der Waals surface area contributed by atoms with Crippen LogP contribution in [0.1, 0.15) is 33.3 Å². The summed E-state index contributed by atoms with van der Waals surface area (Å²) in [6.07, 6.45) is 0. The lowest BCUT2D eigenvalue weighted by molar-refractivity contribution is -0.434.